The fraction of sp³-hybridized carbons (Fsp3) is 0.318. The Morgan fingerprint density at radius 1 is 1.03 bits per heavy atom. The smallest absolute Gasteiger partial charge is 0.220 e. The zero-order valence-electron chi connectivity index (χ0n) is 16.5. The Balaban J connectivity index is 1.43. The molecule has 0 fully saturated rings. The quantitative estimate of drug-likeness (QED) is 0.594. The first kappa shape index (κ1) is 20.5. The summed E-state index contributed by atoms with van der Waals surface area (Å²) in [5.41, 5.74) is 2.00. The minimum absolute atomic E-state index is 0.125. The van der Waals surface area contributed by atoms with Gasteiger partial charge >= 0.3 is 0 Å². The number of methoxy groups -OCH3 is 1. The molecule has 0 saturated carbocycles. The molecule has 1 heterocycles. The number of amides is 1. The minimum atomic E-state index is -0.300. The van der Waals surface area contributed by atoms with E-state index < -0.39 is 0 Å². The maximum absolute atomic E-state index is 13.0. The number of ether oxygens (including phenoxy) is 1. The van der Waals surface area contributed by atoms with Gasteiger partial charge in [-0.15, -0.1) is 10.2 Å². The third kappa shape index (κ3) is 6.14. The van der Waals surface area contributed by atoms with E-state index in [-0.39, 0.29) is 24.2 Å². The van der Waals surface area contributed by atoms with Gasteiger partial charge in [-0.3, -0.25) is 4.79 Å². The standard InChI is InChI=1S/C22H24FN3O3/c1-15(17-6-8-18(23)9-7-17)24-20(27)12-14-22-26-25-21(29-22)13-5-16-3-10-19(28-2)11-4-16/h3-4,6-11,15H,5,12-14H2,1-2H3,(H,24,27)/t15-/m0/s1. The number of halogens is 1. The number of benzene rings is 2. The second-order valence-electron chi connectivity index (χ2n) is 6.78. The zero-order chi connectivity index (χ0) is 20.6. The summed E-state index contributed by atoms with van der Waals surface area (Å²) in [5.74, 6) is 1.39. The van der Waals surface area contributed by atoms with E-state index in [0.717, 1.165) is 23.3 Å². The fourth-order valence-electron chi connectivity index (χ4n) is 2.90. The van der Waals surface area contributed by atoms with Gasteiger partial charge in [-0.25, -0.2) is 4.39 Å². The molecule has 2 aromatic carbocycles. The monoisotopic (exact) mass is 397 g/mol. The minimum Gasteiger partial charge on any atom is -0.497 e. The van der Waals surface area contributed by atoms with Crippen LogP contribution in [0.4, 0.5) is 4.39 Å². The van der Waals surface area contributed by atoms with Gasteiger partial charge < -0.3 is 14.5 Å². The lowest BCUT2D eigenvalue weighted by Gasteiger charge is -2.13. The van der Waals surface area contributed by atoms with Crippen LogP contribution in [0.2, 0.25) is 0 Å². The summed E-state index contributed by atoms with van der Waals surface area (Å²) < 4.78 is 23.8. The number of hydrogen-bond acceptors (Lipinski definition) is 5. The summed E-state index contributed by atoms with van der Waals surface area (Å²) >= 11 is 0. The van der Waals surface area contributed by atoms with Gasteiger partial charge in [0.25, 0.3) is 0 Å². The molecule has 152 valence electrons. The number of nitrogens with one attached hydrogen (secondary N) is 1. The predicted molar refractivity (Wildman–Crippen MR) is 106 cm³/mol. The number of rotatable bonds is 9. The highest BCUT2D eigenvalue weighted by Gasteiger charge is 2.12. The predicted octanol–water partition coefficient (Wildman–Crippen LogP) is 3.81. The Morgan fingerprint density at radius 2 is 1.69 bits per heavy atom. The molecule has 1 aromatic heterocycles. The van der Waals surface area contributed by atoms with Crippen molar-refractivity contribution in [2.75, 3.05) is 7.11 Å². The summed E-state index contributed by atoms with van der Waals surface area (Å²) in [7, 11) is 1.64. The topological polar surface area (TPSA) is 77.2 Å². The third-order valence-corrected chi connectivity index (χ3v) is 4.61. The molecule has 3 aromatic rings. The summed E-state index contributed by atoms with van der Waals surface area (Å²) in [6.07, 6.45) is 2.03. The number of aryl methyl sites for hydroxylation is 3. The van der Waals surface area contributed by atoms with E-state index >= 15 is 0 Å². The van der Waals surface area contributed by atoms with Crippen molar-refractivity contribution in [2.45, 2.75) is 38.6 Å². The van der Waals surface area contributed by atoms with Crippen LogP contribution in [0.1, 0.15) is 42.3 Å². The highest BCUT2D eigenvalue weighted by Crippen LogP contribution is 2.15. The molecule has 0 aliphatic rings. The molecule has 0 bridgehead atoms. The largest absolute Gasteiger partial charge is 0.497 e. The first-order valence-corrected chi connectivity index (χ1v) is 9.52. The molecule has 7 heteroatoms. The Bertz CT molecular complexity index is 923. The molecule has 3 rings (SSSR count). The second-order valence-corrected chi connectivity index (χ2v) is 6.78. The van der Waals surface area contributed by atoms with Crippen LogP contribution in [-0.2, 0) is 24.1 Å². The lowest BCUT2D eigenvalue weighted by Crippen LogP contribution is -2.26. The van der Waals surface area contributed by atoms with Crippen LogP contribution in [0.15, 0.2) is 52.9 Å². The normalized spacial score (nSPS) is 11.8. The van der Waals surface area contributed by atoms with Crippen molar-refractivity contribution in [3.05, 3.63) is 77.3 Å². The van der Waals surface area contributed by atoms with Crippen molar-refractivity contribution < 1.29 is 18.3 Å². The number of nitrogens with zero attached hydrogens (tertiary/aromatic N) is 2. The van der Waals surface area contributed by atoms with Gasteiger partial charge in [0, 0.05) is 19.3 Å². The van der Waals surface area contributed by atoms with Crippen LogP contribution in [0.5, 0.6) is 5.75 Å². The van der Waals surface area contributed by atoms with Crippen LogP contribution in [0.3, 0.4) is 0 Å². The van der Waals surface area contributed by atoms with Crippen molar-refractivity contribution in [3.63, 3.8) is 0 Å². The SMILES string of the molecule is COc1ccc(CCc2nnc(CCC(=O)N[C@@H](C)c3ccc(F)cc3)o2)cc1. The zero-order valence-corrected chi connectivity index (χ0v) is 16.5. The van der Waals surface area contributed by atoms with Crippen molar-refractivity contribution in [1.82, 2.24) is 15.5 Å². The molecule has 1 atom stereocenters. The van der Waals surface area contributed by atoms with Gasteiger partial charge in [-0.1, -0.05) is 24.3 Å². The molecule has 0 aliphatic heterocycles. The van der Waals surface area contributed by atoms with Crippen LogP contribution >= 0.6 is 0 Å². The number of carbonyl (C=O) groups is 1. The summed E-state index contributed by atoms with van der Waals surface area (Å²) in [5, 5.41) is 11.0. The summed E-state index contributed by atoms with van der Waals surface area (Å²) in [4.78, 5) is 12.2. The van der Waals surface area contributed by atoms with E-state index in [1.807, 2.05) is 31.2 Å². The highest BCUT2D eigenvalue weighted by molar-refractivity contribution is 5.76. The average Bonchev–Trinajstić information content (AvgIpc) is 3.19. The van der Waals surface area contributed by atoms with Crippen LogP contribution in [0, 0.1) is 5.82 Å². The maximum atomic E-state index is 13.0. The van der Waals surface area contributed by atoms with E-state index in [4.69, 9.17) is 9.15 Å². The van der Waals surface area contributed by atoms with Gasteiger partial charge in [0.15, 0.2) is 0 Å². The lowest BCUT2D eigenvalue weighted by atomic mass is 10.1. The Kier molecular flexibility index (Phi) is 6.94. The number of carbonyl (C=O) groups excluding carboxylic acids is 1. The van der Waals surface area contributed by atoms with Crippen molar-refractivity contribution in [1.29, 1.82) is 0 Å². The van der Waals surface area contributed by atoms with E-state index in [2.05, 4.69) is 15.5 Å². The molecule has 0 spiro atoms. The number of hydrogen-bond donors (Lipinski definition) is 1. The molecule has 6 nitrogen and oxygen atoms in total. The van der Waals surface area contributed by atoms with Gasteiger partial charge in [0.2, 0.25) is 17.7 Å². The first-order chi connectivity index (χ1) is 14.0. The molecule has 0 radical (unpaired) electrons. The second kappa shape index (κ2) is 9.82. The average molecular weight is 397 g/mol. The van der Waals surface area contributed by atoms with Crippen LogP contribution < -0.4 is 10.1 Å². The Labute approximate surface area is 169 Å². The van der Waals surface area contributed by atoms with Crippen molar-refractivity contribution in [2.24, 2.45) is 0 Å². The maximum Gasteiger partial charge on any atom is 0.220 e. The fourth-order valence-corrected chi connectivity index (χ4v) is 2.90. The molecule has 1 amide bonds. The Hall–Kier alpha value is -3.22. The van der Waals surface area contributed by atoms with Gasteiger partial charge in [-0.05, 0) is 48.7 Å². The van der Waals surface area contributed by atoms with Gasteiger partial charge in [0.1, 0.15) is 11.6 Å². The van der Waals surface area contributed by atoms with Crippen molar-refractivity contribution in [3.8, 4) is 5.75 Å². The molecular weight excluding hydrogens is 373 g/mol. The summed E-state index contributed by atoms with van der Waals surface area (Å²) in [6.45, 7) is 1.86. The van der Waals surface area contributed by atoms with Crippen LogP contribution in [-0.4, -0.2) is 23.2 Å². The molecular formula is C22H24FN3O3. The first-order valence-electron chi connectivity index (χ1n) is 9.52. The molecule has 0 saturated heterocycles. The van der Waals surface area contributed by atoms with Gasteiger partial charge in [-0.2, -0.15) is 0 Å². The molecule has 0 aliphatic carbocycles. The van der Waals surface area contributed by atoms with E-state index in [9.17, 15) is 9.18 Å². The third-order valence-electron chi connectivity index (χ3n) is 4.61. The van der Waals surface area contributed by atoms with E-state index in [0.29, 0.717) is 24.6 Å². The molecule has 0 unspecified atom stereocenters. The van der Waals surface area contributed by atoms with Crippen LogP contribution in [0.25, 0.3) is 0 Å². The van der Waals surface area contributed by atoms with E-state index in [1.54, 1.807) is 19.2 Å². The van der Waals surface area contributed by atoms with E-state index in [1.165, 1.54) is 12.1 Å². The molecule has 1 N–H and O–H groups in total. The highest BCUT2D eigenvalue weighted by atomic mass is 19.1. The van der Waals surface area contributed by atoms with Gasteiger partial charge in [0.05, 0.1) is 13.2 Å². The Morgan fingerprint density at radius 3 is 2.34 bits per heavy atom. The molecule has 29 heavy (non-hydrogen) atoms. The number of aromatic nitrogens is 2. The lowest BCUT2D eigenvalue weighted by molar-refractivity contribution is -0.121. The summed E-state index contributed by atoms with van der Waals surface area (Å²) in [6, 6.07) is 13.7. The van der Waals surface area contributed by atoms with Crippen molar-refractivity contribution >= 4 is 5.91 Å².